The van der Waals surface area contributed by atoms with E-state index in [1.165, 1.54) is 35.9 Å². The van der Waals surface area contributed by atoms with Crippen molar-refractivity contribution in [3.63, 3.8) is 0 Å². The maximum absolute atomic E-state index is 6.04. The van der Waals surface area contributed by atoms with Gasteiger partial charge in [-0.2, -0.15) is 0 Å². The van der Waals surface area contributed by atoms with Crippen molar-refractivity contribution in [1.29, 1.82) is 0 Å². The Kier molecular flexibility index (Phi) is 4.40. The monoisotopic (exact) mass is 319 g/mol. The first-order chi connectivity index (χ1) is 11.8. The van der Waals surface area contributed by atoms with Gasteiger partial charge in [0.25, 0.3) is 0 Å². The first-order valence-electron chi connectivity index (χ1n) is 9.07. The topological polar surface area (TPSA) is 16.4 Å². The fourth-order valence-corrected chi connectivity index (χ4v) is 3.79. The van der Waals surface area contributed by atoms with Gasteiger partial charge in [-0.3, -0.25) is 0 Å². The predicted octanol–water partition coefficient (Wildman–Crippen LogP) is 5.05. The molecule has 2 aromatic carbocycles. The zero-order valence-electron chi connectivity index (χ0n) is 14.4. The molecular formula is C22H25NO. The van der Waals surface area contributed by atoms with Crippen LogP contribution in [0.25, 0.3) is 11.0 Å². The Bertz CT molecular complexity index is 805. The third-order valence-corrected chi connectivity index (χ3v) is 5.22. The van der Waals surface area contributed by atoms with Crippen LogP contribution in [-0.4, -0.2) is 24.0 Å². The molecule has 0 bridgehead atoms. The number of fused-ring (bicyclic) bond motifs is 1. The van der Waals surface area contributed by atoms with Crippen LogP contribution in [0, 0.1) is 0 Å². The Morgan fingerprint density at radius 3 is 2.71 bits per heavy atom. The Hall–Kier alpha value is -2.06. The summed E-state index contributed by atoms with van der Waals surface area (Å²) in [4.78, 5) is 2.58. The van der Waals surface area contributed by atoms with Gasteiger partial charge in [-0.05, 0) is 62.1 Å². The number of benzene rings is 2. The quantitative estimate of drug-likeness (QED) is 0.654. The molecule has 1 aliphatic rings. The summed E-state index contributed by atoms with van der Waals surface area (Å²) in [7, 11) is 0. The van der Waals surface area contributed by atoms with Crippen LogP contribution in [0.5, 0.6) is 0 Å². The van der Waals surface area contributed by atoms with Crippen LogP contribution in [0.4, 0.5) is 0 Å². The molecule has 1 aromatic heterocycles. The molecule has 124 valence electrons. The van der Waals surface area contributed by atoms with E-state index in [-0.39, 0.29) is 0 Å². The van der Waals surface area contributed by atoms with E-state index < -0.39 is 0 Å². The highest BCUT2D eigenvalue weighted by Crippen LogP contribution is 2.24. The molecule has 0 N–H and O–H groups in total. The van der Waals surface area contributed by atoms with Gasteiger partial charge in [-0.1, -0.05) is 36.4 Å². The van der Waals surface area contributed by atoms with E-state index in [1.807, 2.05) is 0 Å². The van der Waals surface area contributed by atoms with Gasteiger partial charge in [0.2, 0.25) is 0 Å². The fraction of sp³-hybridized carbons (Fsp3) is 0.364. The van der Waals surface area contributed by atoms with Crippen LogP contribution >= 0.6 is 0 Å². The van der Waals surface area contributed by atoms with E-state index in [4.69, 9.17) is 4.42 Å². The van der Waals surface area contributed by atoms with Crippen molar-refractivity contribution in [2.24, 2.45) is 0 Å². The highest BCUT2D eigenvalue weighted by atomic mass is 16.3. The second-order valence-electron chi connectivity index (χ2n) is 7.02. The van der Waals surface area contributed by atoms with E-state index in [0.29, 0.717) is 0 Å². The van der Waals surface area contributed by atoms with Gasteiger partial charge >= 0.3 is 0 Å². The molecule has 0 spiro atoms. The van der Waals surface area contributed by atoms with Crippen molar-refractivity contribution in [2.45, 2.75) is 38.6 Å². The highest BCUT2D eigenvalue weighted by Gasteiger charge is 2.20. The fourth-order valence-electron chi connectivity index (χ4n) is 3.79. The minimum Gasteiger partial charge on any atom is -0.461 e. The first-order valence-corrected chi connectivity index (χ1v) is 9.07. The van der Waals surface area contributed by atoms with Crippen LogP contribution in [0.3, 0.4) is 0 Å². The lowest BCUT2D eigenvalue weighted by Crippen LogP contribution is -2.28. The molecule has 3 aromatic rings. The molecule has 0 saturated carbocycles. The maximum atomic E-state index is 6.04. The first kappa shape index (κ1) is 15.5. The smallest absolute Gasteiger partial charge is 0.134 e. The largest absolute Gasteiger partial charge is 0.461 e. The van der Waals surface area contributed by atoms with Gasteiger partial charge in [0, 0.05) is 24.4 Å². The van der Waals surface area contributed by atoms with Gasteiger partial charge in [0.1, 0.15) is 11.3 Å². The summed E-state index contributed by atoms with van der Waals surface area (Å²) in [6.07, 6.45) is 4.66. The average molecular weight is 319 g/mol. The van der Waals surface area contributed by atoms with Crippen molar-refractivity contribution < 1.29 is 4.42 Å². The van der Waals surface area contributed by atoms with Gasteiger partial charge < -0.3 is 9.32 Å². The average Bonchev–Trinajstić information content (AvgIpc) is 3.19. The minimum atomic E-state index is 0.729. The van der Waals surface area contributed by atoms with Crippen molar-refractivity contribution in [1.82, 2.24) is 4.90 Å². The minimum absolute atomic E-state index is 0.729. The van der Waals surface area contributed by atoms with Gasteiger partial charge in [0.05, 0.1) is 0 Å². The predicted molar refractivity (Wildman–Crippen MR) is 99.4 cm³/mol. The molecule has 0 amide bonds. The maximum Gasteiger partial charge on any atom is 0.134 e. The van der Waals surface area contributed by atoms with Crippen LogP contribution in [0.2, 0.25) is 0 Å². The third kappa shape index (κ3) is 3.39. The summed E-state index contributed by atoms with van der Waals surface area (Å²) in [6, 6.07) is 20.2. The molecular weight excluding hydrogens is 294 g/mol. The van der Waals surface area contributed by atoms with Gasteiger partial charge in [-0.25, -0.2) is 0 Å². The Morgan fingerprint density at radius 2 is 1.92 bits per heavy atom. The van der Waals surface area contributed by atoms with E-state index in [9.17, 15) is 0 Å². The van der Waals surface area contributed by atoms with E-state index >= 15 is 0 Å². The summed E-state index contributed by atoms with van der Waals surface area (Å²) < 4.78 is 6.04. The molecule has 2 heterocycles. The van der Waals surface area contributed by atoms with Crippen molar-refractivity contribution in [3.05, 3.63) is 71.5 Å². The van der Waals surface area contributed by atoms with Gasteiger partial charge in [0.15, 0.2) is 0 Å². The van der Waals surface area contributed by atoms with Crippen LogP contribution in [0.15, 0.2) is 59.0 Å². The Labute approximate surface area is 144 Å². The van der Waals surface area contributed by atoms with Gasteiger partial charge in [-0.15, -0.1) is 0 Å². The molecule has 0 aliphatic carbocycles. The van der Waals surface area contributed by atoms with E-state index in [0.717, 1.165) is 36.8 Å². The molecule has 1 atom stereocenters. The molecule has 2 heteroatoms. The van der Waals surface area contributed by atoms with Crippen LogP contribution in [-0.2, 0) is 12.8 Å². The number of hydrogen-bond donors (Lipinski definition) is 0. The lowest BCUT2D eigenvalue weighted by Gasteiger charge is -2.19. The summed E-state index contributed by atoms with van der Waals surface area (Å²) >= 11 is 0. The zero-order chi connectivity index (χ0) is 16.4. The highest BCUT2D eigenvalue weighted by molar-refractivity contribution is 5.78. The van der Waals surface area contributed by atoms with Crippen LogP contribution < -0.4 is 0 Å². The number of nitrogens with zero attached hydrogens (tertiary/aromatic N) is 1. The molecule has 4 rings (SSSR count). The van der Waals surface area contributed by atoms with Crippen molar-refractivity contribution in [3.8, 4) is 0 Å². The molecule has 0 radical (unpaired) electrons. The SMILES string of the molecule is CC1CCCN1CCc1cc2cc(Cc3ccccc3)ccc2o1. The molecule has 1 fully saturated rings. The molecule has 1 aliphatic heterocycles. The second-order valence-corrected chi connectivity index (χ2v) is 7.02. The number of furan rings is 1. The standard InChI is InChI=1S/C22H25NO/c1-17-6-5-12-23(17)13-11-21-16-20-15-19(9-10-22(20)24-21)14-18-7-3-2-4-8-18/h2-4,7-10,15-17H,5-6,11-14H2,1H3. The Morgan fingerprint density at radius 1 is 1.04 bits per heavy atom. The normalized spacial score (nSPS) is 18.5. The summed E-state index contributed by atoms with van der Waals surface area (Å²) in [5.74, 6) is 1.11. The van der Waals surface area contributed by atoms with Crippen LogP contribution in [0.1, 0.15) is 36.7 Å². The van der Waals surface area contributed by atoms with E-state index in [2.05, 4.69) is 66.4 Å². The molecule has 1 saturated heterocycles. The lowest BCUT2D eigenvalue weighted by atomic mass is 10.0. The third-order valence-electron chi connectivity index (χ3n) is 5.22. The molecule has 2 nitrogen and oxygen atoms in total. The van der Waals surface area contributed by atoms with E-state index in [1.54, 1.807) is 0 Å². The summed E-state index contributed by atoms with van der Waals surface area (Å²) in [6.45, 7) is 4.68. The van der Waals surface area contributed by atoms with Crippen molar-refractivity contribution >= 4 is 11.0 Å². The van der Waals surface area contributed by atoms with Crippen molar-refractivity contribution in [2.75, 3.05) is 13.1 Å². The number of likely N-dealkylation sites (tertiary alicyclic amines) is 1. The summed E-state index contributed by atoms with van der Waals surface area (Å²) in [5, 5.41) is 1.23. The Balaban J connectivity index is 1.46. The summed E-state index contributed by atoms with van der Waals surface area (Å²) in [5.41, 5.74) is 3.70. The molecule has 1 unspecified atom stereocenters. The number of hydrogen-bond acceptors (Lipinski definition) is 2. The zero-order valence-corrected chi connectivity index (χ0v) is 14.4. The molecule has 24 heavy (non-hydrogen) atoms. The second kappa shape index (κ2) is 6.82. The number of rotatable bonds is 5. The lowest BCUT2D eigenvalue weighted by molar-refractivity contribution is 0.266.